The van der Waals surface area contributed by atoms with Crippen molar-refractivity contribution >= 4 is 45.0 Å². The molecule has 2 N–H and O–H groups in total. The normalized spacial score (nSPS) is 11.7. The minimum absolute atomic E-state index is 0.0594. The third-order valence-corrected chi connectivity index (χ3v) is 3.67. The van der Waals surface area contributed by atoms with E-state index in [2.05, 4.69) is 26.6 Å². The van der Waals surface area contributed by atoms with E-state index in [9.17, 15) is 14.0 Å². The van der Waals surface area contributed by atoms with Crippen LogP contribution in [0.3, 0.4) is 0 Å². The summed E-state index contributed by atoms with van der Waals surface area (Å²) in [6, 6.07) is 9.68. The highest BCUT2D eigenvalue weighted by atomic mass is 79.9. The van der Waals surface area contributed by atoms with E-state index in [4.69, 9.17) is 11.6 Å². The Morgan fingerprint density at radius 1 is 1.22 bits per heavy atom. The summed E-state index contributed by atoms with van der Waals surface area (Å²) >= 11 is 9.13. The lowest BCUT2D eigenvalue weighted by Crippen LogP contribution is -2.41. The van der Waals surface area contributed by atoms with Crippen LogP contribution >= 0.6 is 27.5 Å². The number of carbonyl (C=O) groups excluding carboxylic acids is 2. The number of carbonyl (C=O) groups is 2. The maximum absolute atomic E-state index is 13.5. The summed E-state index contributed by atoms with van der Waals surface area (Å²) in [7, 11) is 0. The largest absolute Gasteiger partial charge is 0.341 e. The van der Waals surface area contributed by atoms with Gasteiger partial charge in [0, 0.05) is 15.1 Å². The monoisotopic (exact) mass is 398 g/mol. The number of rotatable bonds is 4. The molecule has 23 heavy (non-hydrogen) atoms. The first kappa shape index (κ1) is 17.4. The molecule has 4 nitrogen and oxygen atoms in total. The number of hydrogen-bond donors (Lipinski definition) is 2. The van der Waals surface area contributed by atoms with Gasteiger partial charge in [0.2, 0.25) is 5.91 Å². The first-order valence-corrected chi connectivity index (χ1v) is 7.86. The number of para-hydroxylation sites is 1. The highest BCUT2D eigenvalue weighted by Gasteiger charge is 2.18. The zero-order valence-corrected chi connectivity index (χ0v) is 14.4. The van der Waals surface area contributed by atoms with Gasteiger partial charge in [-0.25, -0.2) is 4.39 Å². The summed E-state index contributed by atoms with van der Waals surface area (Å²) < 4.78 is 14.2. The molecular weight excluding hydrogens is 387 g/mol. The molecule has 0 aliphatic heterocycles. The zero-order chi connectivity index (χ0) is 17.0. The summed E-state index contributed by atoms with van der Waals surface area (Å²) in [6.45, 7) is 1.51. The maximum Gasteiger partial charge on any atom is 0.252 e. The fourth-order valence-corrected chi connectivity index (χ4v) is 2.69. The Balaban J connectivity index is 2.03. The van der Waals surface area contributed by atoms with Crippen molar-refractivity contribution in [3.05, 3.63) is 63.3 Å². The van der Waals surface area contributed by atoms with E-state index >= 15 is 0 Å². The molecule has 1 atom stereocenters. The average Bonchev–Trinajstić information content (AvgIpc) is 2.48. The molecule has 0 saturated heterocycles. The highest BCUT2D eigenvalue weighted by molar-refractivity contribution is 9.10. The van der Waals surface area contributed by atoms with Crippen LogP contribution < -0.4 is 10.6 Å². The van der Waals surface area contributed by atoms with Gasteiger partial charge in [0.15, 0.2) is 0 Å². The van der Waals surface area contributed by atoms with Gasteiger partial charge in [-0.1, -0.05) is 39.7 Å². The number of anilines is 1. The molecule has 0 aliphatic rings. The molecule has 0 fully saturated rings. The quantitative estimate of drug-likeness (QED) is 0.816. The Morgan fingerprint density at radius 2 is 1.91 bits per heavy atom. The molecule has 2 amide bonds. The van der Waals surface area contributed by atoms with Crippen molar-refractivity contribution in [2.24, 2.45) is 0 Å². The van der Waals surface area contributed by atoms with Crippen LogP contribution in [0.2, 0.25) is 5.02 Å². The van der Waals surface area contributed by atoms with E-state index in [1.165, 1.54) is 31.2 Å². The maximum atomic E-state index is 13.5. The van der Waals surface area contributed by atoms with Crippen molar-refractivity contribution < 1.29 is 14.0 Å². The molecular formula is C16H13BrClFN2O2. The number of benzene rings is 2. The topological polar surface area (TPSA) is 58.2 Å². The van der Waals surface area contributed by atoms with Gasteiger partial charge < -0.3 is 10.6 Å². The average molecular weight is 400 g/mol. The molecule has 0 aromatic heterocycles. The van der Waals surface area contributed by atoms with Gasteiger partial charge >= 0.3 is 0 Å². The lowest BCUT2D eigenvalue weighted by Gasteiger charge is -2.14. The molecule has 0 radical (unpaired) electrons. The van der Waals surface area contributed by atoms with E-state index in [1.54, 1.807) is 18.2 Å². The second-order valence-electron chi connectivity index (χ2n) is 4.82. The predicted octanol–water partition coefficient (Wildman–Crippen LogP) is 4.00. The molecule has 1 unspecified atom stereocenters. The summed E-state index contributed by atoms with van der Waals surface area (Å²) in [6.07, 6.45) is 0. The van der Waals surface area contributed by atoms with E-state index in [0.29, 0.717) is 15.1 Å². The molecule has 120 valence electrons. The molecule has 0 bridgehead atoms. The van der Waals surface area contributed by atoms with Crippen LogP contribution in [0.1, 0.15) is 17.3 Å². The lowest BCUT2D eigenvalue weighted by molar-refractivity contribution is -0.117. The van der Waals surface area contributed by atoms with Crippen molar-refractivity contribution in [1.29, 1.82) is 0 Å². The second kappa shape index (κ2) is 7.57. The lowest BCUT2D eigenvalue weighted by atomic mass is 10.2. The molecule has 0 aliphatic carbocycles. The third-order valence-electron chi connectivity index (χ3n) is 3.00. The molecule has 0 saturated carbocycles. The first-order chi connectivity index (χ1) is 10.9. The second-order valence-corrected chi connectivity index (χ2v) is 6.17. The van der Waals surface area contributed by atoms with Gasteiger partial charge in [-0.05, 0) is 37.3 Å². The summed E-state index contributed by atoms with van der Waals surface area (Å²) in [5, 5.41) is 5.36. The van der Waals surface area contributed by atoms with Gasteiger partial charge in [-0.3, -0.25) is 9.59 Å². The summed E-state index contributed by atoms with van der Waals surface area (Å²) in [5.74, 6) is -1.52. The van der Waals surface area contributed by atoms with E-state index in [1.807, 2.05) is 0 Å². The van der Waals surface area contributed by atoms with Crippen LogP contribution in [0, 0.1) is 5.82 Å². The van der Waals surface area contributed by atoms with Crippen molar-refractivity contribution in [3.63, 3.8) is 0 Å². The minimum Gasteiger partial charge on any atom is -0.341 e. The number of nitrogens with one attached hydrogen (secondary N) is 2. The first-order valence-electron chi connectivity index (χ1n) is 6.69. The van der Waals surface area contributed by atoms with Crippen molar-refractivity contribution in [3.8, 4) is 0 Å². The van der Waals surface area contributed by atoms with Crippen LogP contribution in [0.4, 0.5) is 10.1 Å². The zero-order valence-electron chi connectivity index (χ0n) is 12.1. The molecule has 2 aromatic rings. The summed E-state index contributed by atoms with van der Waals surface area (Å²) in [4.78, 5) is 24.2. The van der Waals surface area contributed by atoms with E-state index in [0.717, 1.165) is 0 Å². The Hall–Kier alpha value is -1.92. The molecule has 7 heteroatoms. The number of hydrogen-bond acceptors (Lipinski definition) is 2. The smallest absolute Gasteiger partial charge is 0.252 e. The van der Waals surface area contributed by atoms with E-state index < -0.39 is 23.7 Å². The Labute approximate surface area is 146 Å². The highest BCUT2D eigenvalue weighted by Crippen LogP contribution is 2.19. The van der Waals surface area contributed by atoms with Crippen LogP contribution in [-0.4, -0.2) is 17.9 Å². The fourth-order valence-electron chi connectivity index (χ4n) is 1.83. The fraction of sp³-hybridized carbons (Fsp3) is 0.125. The van der Waals surface area contributed by atoms with Gasteiger partial charge in [-0.15, -0.1) is 0 Å². The third kappa shape index (κ3) is 4.77. The van der Waals surface area contributed by atoms with Crippen LogP contribution in [0.25, 0.3) is 0 Å². The molecule has 0 heterocycles. The summed E-state index contributed by atoms with van der Waals surface area (Å²) in [5.41, 5.74) is 0.374. The van der Waals surface area contributed by atoms with Gasteiger partial charge in [0.05, 0.1) is 5.69 Å². The molecule has 0 spiro atoms. The standard InChI is InChI=1S/C16H13BrClFN2O2/c1-9(15(22)21-14-5-3-2-4-13(14)19)20-16(23)10-6-11(17)8-12(18)7-10/h2-9H,1H3,(H,20,23)(H,21,22). The van der Waals surface area contributed by atoms with Crippen LogP contribution in [0.5, 0.6) is 0 Å². The van der Waals surface area contributed by atoms with Crippen molar-refractivity contribution in [2.45, 2.75) is 13.0 Å². The van der Waals surface area contributed by atoms with Gasteiger partial charge in [0.1, 0.15) is 11.9 Å². The van der Waals surface area contributed by atoms with Crippen molar-refractivity contribution in [2.75, 3.05) is 5.32 Å². The molecule has 2 rings (SSSR count). The van der Waals surface area contributed by atoms with Crippen LogP contribution in [-0.2, 0) is 4.79 Å². The number of halogens is 3. The predicted molar refractivity (Wildman–Crippen MR) is 91.1 cm³/mol. The van der Waals surface area contributed by atoms with Gasteiger partial charge in [0.25, 0.3) is 5.91 Å². The minimum atomic E-state index is -0.847. The number of amides is 2. The van der Waals surface area contributed by atoms with Gasteiger partial charge in [-0.2, -0.15) is 0 Å². The Morgan fingerprint density at radius 3 is 2.57 bits per heavy atom. The molecule has 2 aromatic carbocycles. The van der Waals surface area contributed by atoms with Crippen LogP contribution in [0.15, 0.2) is 46.9 Å². The Kier molecular flexibility index (Phi) is 5.74. The Bertz CT molecular complexity index is 734. The van der Waals surface area contributed by atoms with E-state index in [-0.39, 0.29) is 5.69 Å². The SMILES string of the molecule is CC(NC(=O)c1cc(Cl)cc(Br)c1)C(=O)Nc1ccccc1F. The van der Waals surface area contributed by atoms with Crippen molar-refractivity contribution in [1.82, 2.24) is 5.32 Å².